The van der Waals surface area contributed by atoms with E-state index in [4.69, 9.17) is 9.47 Å². The van der Waals surface area contributed by atoms with Gasteiger partial charge in [-0.1, -0.05) is 0 Å². The zero-order valence-electron chi connectivity index (χ0n) is 11.1. The molecule has 6 heteroatoms. The third-order valence-electron chi connectivity index (χ3n) is 2.65. The molecule has 6 nitrogen and oxygen atoms in total. The fraction of sp³-hybridized carbons (Fsp3) is 0.143. The van der Waals surface area contributed by atoms with Crippen LogP contribution in [0.25, 0.3) is 11.5 Å². The smallest absolute Gasteiger partial charge is 0.186 e. The minimum absolute atomic E-state index is 0.223. The second kappa shape index (κ2) is 5.92. The van der Waals surface area contributed by atoms with E-state index in [9.17, 15) is 10.2 Å². The number of aliphatic hydroxyl groups is 2. The molecule has 0 amide bonds. The van der Waals surface area contributed by atoms with Gasteiger partial charge in [-0.15, -0.1) is 0 Å². The highest BCUT2D eigenvalue weighted by atomic mass is 16.5. The van der Waals surface area contributed by atoms with E-state index in [1.807, 2.05) is 0 Å². The first-order chi connectivity index (χ1) is 9.65. The van der Waals surface area contributed by atoms with Crippen LogP contribution in [0.15, 0.2) is 36.7 Å². The molecule has 0 spiro atoms. The number of aliphatic hydroxyl groups excluding tert-OH is 2. The summed E-state index contributed by atoms with van der Waals surface area (Å²) in [5, 5.41) is 20.0. The van der Waals surface area contributed by atoms with Gasteiger partial charge >= 0.3 is 0 Å². The Hall–Kier alpha value is -2.76. The maximum Gasteiger partial charge on any atom is 0.186 e. The highest BCUT2D eigenvalue weighted by Crippen LogP contribution is 2.22. The second-order valence-corrected chi connectivity index (χ2v) is 3.86. The summed E-state index contributed by atoms with van der Waals surface area (Å²) >= 11 is 0. The molecule has 2 heterocycles. The third-order valence-corrected chi connectivity index (χ3v) is 2.65. The van der Waals surface area contributed by atoms with Crippen LogP contribution in [0.5, 0.6) is 11.5 Å². The Balaban J connectivity index is 2.32. The SMILES string of the molecule is COc1ccc(/C(O)=C(\O)c2ccc(OC)cn2)nc1. The molecule has 0 aliphatic carbocycles. The van der Waals surface area contributed by atoms with Crippen molar-refractivity contribution in [3.63, 3.8) is 0 Å². The molecular formula is C14H14N2O4. The molecule has 0 aliphatic heterocycles. The molecule has 0 aliphatic rings. The van der Waals surface area contributed by atoms with Crippen LogP contribution < -0.4 is 9.47 Å². The highest BCUT2D eigenvalue weighted by Gasteiger charge is 2.12. The molecule has 0 saturated heterocycles. The summed E-state index contributed by atoms with van der Waals surface area (Å²) in [6, 6.07) is 6.34. The summed E-state index contributed by atoms with van der Waals surface area (Å²) in [5.74, 6) is 0.405. The Morgan fingerprint density at radius 1 is 0.800 bits per heavy atom. The first-order valence-electron chi connectivity index (χ1n) is 5.78. The fourth-order valence-electron chi connectivity index (χ4n) is 1.52. The molecule has 2 N–H and O–H groups in total. The lowest BCUT2D eigenvalue weighted by molar-refractivity contribution is 0.411. The van der Waals surface area contributed by atoms with Crippen LogP contribution in [0.2, 0.25) is 0 Å². The number of rotatable bonds is 4. The van der Waals surface area contributed by atoms with Gasteiger partial charge in [-0.25, -0.2) is 9.97 Å². The fourth-order valence-corrected chi connectivity index (χ4v) is 1.52. The van der Waals surface area contributed by atoms with Crippen molar-refractivity contribution in [2.45, 2.75) is 0 Å². The number of hydrogen-bond donors (Lipinski definition) is 2. The minimum atomic E-state index is -0.356. The summed E-state index contributed by atoms with van der Waals surface area (Å²) < 4.78 is 9.94. The molecule has 104 valence electrons. The van der Waals surface area contributed by atoms with Gasteiger partial charge in [0.2, 0.25) is 0 Å². The van der Waals surface area contributed by atoms with E-state index in [0.29, 0.717) is 11.5 Å². The number of ether oxygens (including phenoxy) is 2. The van der Waals surface area contributed by atoms with Crippen LogP contribution >= 0.6 is 0 Å². The van der Waals surface area contributed by atoms with Crippen LogP contribution in [-0.4, -0.2) is 34.4 Å². The average Bonchev–Trinajstić information content (AvgIpc) is 2.53. The van der Waals surface area contributed by atoms with Crippen LogP contribution in [0, 0.1) is 0 Å². The summed E-state index contributed by atoms with van der Waals surface area (Å²) in [4.78, 5) is 7.97. The maximum absolute atomic E-state index is 9.99. The molecule has 0 aromatic carbocycles. The molecular weight excluding hydrogens is 260 g/mol. The first kappa shape index (κ1) is 13.7. The maximum atomic E-state index is 9.99. The molecule has 2 rings (SSSR count). The zero-order valence-corrected chi connectivity index (χ0v) is 11.1. The first-order valence-corrected chi connectivity index (χ1v) is 5.78. The van der Waals surface area contributed by atoms with E-state index in [1.54, 1.807) is 12.1 Å². The van der Waals surface area contributed by atoms with Crippen molar-refractivity contribution in [2.75, 3.05) is 14.2 Å². The van der Waals surface area contributed by atoms with Gasteiger partial charge in [0.05, 0.1) is 26.6 Å². The molecule has 0 bridgehead atoms. The van der Waals surface area contributed by atoms with Gasteiger partial charge in [0, 0.05) is 0 Å². The predicted molar refractivity (Wildman–Crippen MR) is 73.6 cm³/mol. The molecule has 20 heavy (non-hydrogen) atoms. The van der Waals surface area contributed by atoms with Gasteiger partial charge in [-0.2, -0.15) is 0 Å². The average molecular weight is 274 g/mol. The summed E-state index contributed by atoms with van der Waals surface area (Å²) in [5.41, 5.74) is 0.446. The van der Waals surface area contributed by atoms with Crippen LogP contribution in [0.1, 0.15) is 11.4 Å². The topological polar surface area (TPSA) is 84.7 Å². The van der Waals surface area contributed by atoms with Crippen molar-refractivity contribution < 1.29 is 19.7 Å². The van der Waals surface area contributed by atoms with Crippen molar-refractivity contribution in [2.24, 2.45) is 0 Å². The van der Waals surface area contributed by atoms with Crippen molar-refractivity contribution in [1.82, 2.24) is 9.97 Å². The Labute approximate surface area is 116 Å². The van der Waals surface area contributed by atoms with Crippen molar-refractivity contribution >= 4 is 11.5 Å². The largest absolute Gasteiger partial charge is 0.503 e. The predicted octanol–water partition coefficient (Wildman–Crippen LogP) is 2.44. The number of methoxy groups -OCH3 is 2. The van der Waals surface area contributed by atoms with Gasteiger partial charge in [0.25, 0.3) is 0 Å². The Bertz CT molecular complexity index is 551. The number of nitrogens with zero attached hydrogens (tertiary/aromatic N) is 2. The van der Waals surface area contributed by atoms with E-state index < -0.39 is 0 Å². The molecule has 0 fully saturated rings. The molecule has 0 unspecified atom stereocenters. The Kier molecular flexibility index (Phi) is 4.05. The highest BCUT2D eigenvalue weighted by molar-refractivity contribution is 5.79. The van der Waals surface area contributed by atoms with Crippen molar-refractivity contribution in [1.29, 1.82) is 0 Å². The van der Waals surface area contributed by atoms with Gasteiger partial charge in [0.15, 0.2) is 11.5 Å². The summed E-state index contributed by atoms with van der Waals surface area (Å²) in [7, 11) is 3.04. The minimum Gasteiger partial charge on any atom is -0.503 e. The molecule has 0 saturated carbocycles. The van der Waals surface area contributed by atoms with Gasteiger partial charge in [-0.05, 0) is 24.3 Å². The Morgan fingerprint density at radius 3 is 1.45 bits per heavy atom. The van der Waals surface area contributed by atoms with Gasteiger partial charge in [-0.3, -0.25) is 0 Å². The van der Waals surface area contributed by atoms with Crippen LogP contribution in [0.3, 0.4) is 0 Å². The van der Waals surface area contributed by atoms with E-state index in [1.165, 1.54) is 38.7 Å². The van der Waals surface area contributed by atoms with E-state index in [0.717, 1.165) is 0 Å². The van der Waals surface area contributed by atoms with Gasteiger partial charge < -0.3 is 19.7 Å². The summed E-state index contributed by atoms with van der Waals surface area (Å²) in [6.45, 7) is 0. The lowest BCUT2D eigenvalue weighted by Crippen LogP contribution is -1.96. The van der Waals surface area contributed by atoms with Crippen molar-refractivity contribution in [3.8, 4) is 11.5 Å². The lowest BCUT2D eigenvalue weighted by atomic mass is 10.2. The van der Waals surface area contributed by atoms with E-state index in [-0.39, 0.29) is 22.9 Å². The number of aromatic nitrogens is 2. The quantitative estimate of drug-likeness (QED) is 0.833. The van der Waals surface area contributed by atoms with E-state index >= 15 is 0 Å². The molecule has 2 aromatic rings. The molecule has 0 atom stereocenters. The van der Waals surface area contributed by atoms with Crippen LogP contribution in [-0.2, 0) is 0 Å². The number of hydrogen-bond acceptors (Lipinski definition) is 6. The number of pyridine rings is 2. The van der Waals surface area contributed by atoms with E-state index in [2.05, 4.69) is 9.97 Å². The van der Waals surface area contributed by atoms with Crippen molar-refractivity contribution in [3.05, 3.63) is 48.0 Å². The monoisotopic (exact) mass is 274 g/mol. The lowest BCUT2D eigenvalue weighted by Gasteiger charge is -2.06. The third kappa shape index (κ3) is 2.80. The Morgan fingerprint density at radius 2 is 1.20 bits per heavy atom. The normalized spacial score (nSPS) is 11.7. The standard InChI is InChI=1S/C14H14N2O4/c1-19-9-3-5-11(15-7-9)13(17)14(18)12-6-4-10(20-2)8-16-12/h3-8,17-18H,1-2H3/b14-13+. The second-order valence-electron chi connectivity index (χ2n) is 3.86. The molecule has 0 radical (unpaired) electrons. The van der Waals surface area contributed by atoms with Crippen LogP contribution in [0.4, 0.5) is 0 Å². The molecule has 2 aromatic heterocycles. The summed E-state index contributed by atoms with van der Waals surface area (Å²) in [6.07, 6.45) is 2.89. The van der Waals surface area contributed by atoms with Gasteiger partial charge in [0.1, 0.15) is 22.9 Å². The zero-order chi connectivity index (χ0) is 14.5.